The lowest BCUT2D eigenvalue weighted by molar-refractivity contribution is 0.0412. The molecule has 2 rings (SSSR count). The van der Waals surface area contributed by atoms with E-state index in [4.69, 9.17) is 14.6 Å². The van der Waals surface area contributed by atoms with Crippen molar-refractivity contribution in [1.29, 1.82) is 0 Å². The molecule has 1 heterocycles. The van der Waals surface area contributed by atoms with Crippen molar-refractivity contribution in [3.05, 3.63) is 24.0 Å². The third kappa shape index (κ3) is 18.6. The van der Waals surface area contributed by atoms with Crippen LogP contribution in [-0.2, 0) is 9.47 Å². The van der Waals surface area contributed by atoms with Crippen LogP contribution in [0.5, 0.6) is 5.75 Å². The molecular weight excluding hydrogens is 314 g/mol. The van der Waals surface area contributed by atoms with Gasteiger partial charge in [0.05, 0.1) is 18.9 Å². The zero-order valence-electron chi connectivity index (χ0n) is 17.6. The molecule has 0 atom stereocenters. The van der Waals surface area contributed by atoms with Gasteiger partial charge in [-0.25, -0.2) is 4.98 Å². The summed E-state index contributed by atoms with van der Waals surface area (Å²) in [4.78, 5) is 3.91. The number of hydrogen-bond donors (Lipinski definition) is 1. The van der Waals surface area contributed by atoms with Gasteiger partial charge >= 0.3 is 0 Å². The summed E-state index contributed by atoms with van der Waals surface area (Å²) in [6, 6.07) is 3.24. The van der Waals surface area contributed by atoms with Gasteiger partial charge in [-0.05, 0) is 37.3 Å². The van der Waals surface area contributed by atoms with Crippen molar-refractivity contribution in [2.24, 2.45) is 0 Å². The van der Waals surface area contributed by atoms with E-state index in [1.54, 1.807) is 26.4 Å². The first-order valence-corrected chi connectivity index (χ1v) is 9.42. The van der Waals surface area contributed by atoms with Crippen LogP contribution >= 0.6 is 0 Å². The van der Waals surface area contributed by atoms with Crippen LogP contribution < -0.4 is 0 Å². The molecule has 1 saturated carbocycles. The fourth-order valence-electron chi connectivity index (χ4n) is 1.37. The number of pyridine rings is 1. The van der Waals surface area contributed by atoms with Crippen LogP contribution in [0, 0.1) is 11.8 Å². The Kier molecular flexibility index (Phi) is 27.9. The van der Waals surface area contributed by atoms with E-state index in [1.165, 1.54) is 25.5 Å². The summed E-state index contributed by atoms with van der Waals surface area (Å²) < 4.78 is 9.82. The summed E-state index contributed by atoms with van der Waals surface area (Å²) in [7, 11) is 3.42. The number of rotatable bonds is 3. The average Bonchev–Trinajstić information content (AvgIpc) is 2.65. The Labute approximate surface area is 156 Å². The summed E-state index contributed by atoms with van der Waals surface area (Å²) in [6.07, 6.45) is 6.63. The maximum atomic E-state index is 8.94. The molecule has 0 bridgehead atoms. The zero-order chi connectivity index (χ0) is 19.9. The molecule has 1 aromatic rings. The van der Waals surface area contributed by atoms with E-state index in [-0.39, 0.29) is 5.75 Å². The minimum absolute atomic E-state index is 0.155. The maximum Gasteiger partial charge on any atom is 0.133 e. The lowest BCUT2D eigenvalue weighted by atomic mass is 9.96. The second kappa shape index (κ2) is 24.7. The molecule has 0 unspecified atom stereocenters. The van der Waals surface area contributed by atoms with Gasteiger partial charge in [-0.1, -0.05) is 47.5 Å². The first kappa shape index (κ1) is 28.2. The van der Waals surface area contributed by atoms with Crippen molar-refractivity contribution in [2.75, 3.05) is 20.8 Å². The van der Waals surface area contributed by atoms with Gasteiger partial charge in [0, 0.05) is 20.6 Å². The van der Waals surface area contributed by atoms with Crippen molar-refractivity contribution in [2.45, 2.75) is 73.3 Å². The lowest BCUT2D eigenvalue weighted by Crippen LogP contribution is -2.18. The van der Waals surface area contributed by atoms with Crippen molar-refractivity contribution in [3.8, 4) is 17.6 Å². The van der Waals surface area contributed by atoms with E-state index in [2.05, 4.69) is 16.8 Å². The van der Waals surface area contributed by atoms with Crippen LogP contribution in [0.4, 0.5) is 0 Å². The number of hydrogen-bond acceptors (Lipinski definition) is 4. The predicted octanol–water partition coefficient (Wildman–Crippen LogP) is 5.44. The third-order valence-electron chi connectivity index (χ3n) is 2.78. The average molecular weight is 354 g/mol. The van der Waals surface area contributed by atoms with Gasteiger partial charge in [0.25, 0.3) is 0 Å². The number of methoxy groups -OCH3 is 2. The molecule has 0 spiro atoms. The van der Waals surface area contributed by atoms with E-state index in [0.717, 1.165) is 0 Å². The summed E-state index contributed by atoms with van der Waals surface area (Å²) in [5, 5.41) is 8.94. The third-order valence-corrected chi connectivity index (χ3v) is 2.78. The molecular formula is C21H39NO3. The van der Waals surface area contributed by atoms with E-state index in [9.17, 15) is 0 Å². The second-order valence-electron chi connectivity index (χ2n) is 4.23. The summed E-state index contributed by atoms with van der Waals surface area (Å²) in [5.74, 6) is 5.91. The molecule has 0 aliphatic heterocycles. The van der Waals surface area contributed by atoms with Crippen molar-refractivity contribution in [1.82, 2.24) is 4.98 Å². The molecule has 0 aromatic carbocycles. The van der Waals surface area contributed by atoms with Gasteiger partial charge in [0.1, 0.15) is 11.4 Å². The Balaban J connectivity index is -0.000000337. The lowest BCUT2D eigenvalue weighted by Gasteiger charge is -2.22. The fourth-order valence-corrected chi connectivity index (χ4v) is 1.37. The molecule has 0 radical (unpaired) electrons. The maximum absolute atomic E-state index is 8.94. The van der Waals surface area contributed by atoms with E-state index < -0.39 is 0 Å². The monoisotopic (exact) mass is 353 g/mol. The van der Waals surface area contributed by atoms with Crippen LogP contribution in [0.15, 0.2) is 18.3 Å². The van der Waals surface area contributed by atoms with Crippen molar-refractivity contribution >= 4 is 0 Å². The minimum atomic E-state index is 0.155. The first-order valence-electron chi connectivity index (χ1n) is 9.42. The molecule has 1 aromatic heterocycles. The summed E-state index contributed by atoms with van der Waals surface area (Å²) >= 11 is 0. The topological polar surface area (TPSA) is 51.6 Å². The predicted molar refractivity (Wildman–Crippen MR) is 108 cm³/mol. The number of aromatic nitrogens is 1. The van der Waals surface area contributed by atoms with Gasteiger partial charge in [-0.2, -0.15) is 0 Å². The van der Waals surface area contributed by atoms with Crippen molar-refractivity contribution < 1.29 is 14.6 Å². The number of ether oxygens (including phenoxy) is 2. The Morgan fingerprint density at radius 3 is 2.00 bits per heavy atom. The van der Waals surface area contributed by atoms with Crippen LogP contribution in [0.3, 0.4) is 0 Å². The van der Waals surface area contributed by atoms with Gasteiger partial charge in [-0.3, -0.25) is 0 Å². The van der Waals surface area contributed by atoms with Crippen LogP contribution in [-0.4, -0.2) is 37.0 Å². The normalized spacial score (nSPS) is 11.0. The van der Waals surface area contributed by atoms with Gasteiger partial charge in [0.2, 0.25) is 0 Å². The molecule has 1 fully saturated rings. The van der Waals surface area contributed by atoms with Crippen LogP contribution in [0.1, 0.15) is 72.9 Å². The minimum Gasteiger partial charge on any atom is -0.506 e. The highest BCUT2D eigenvalue weighted by Gasteiger charge is 2.14. The summed E-state index contributed by atoms with van der Waals surface area (Å²) in [5.41, 5.74) is 0.661. The standard InChI is InChI=1S/C10H11NO2.C5H10O.3C2H6/c1-13-7-3-2-4-9-5-6-10(12)8-11-9;1-6-5-3-2-4-5;3*1-2/h5-6,8,12H,3,7H2,1H3;5H,2-4H2,1H3;3*1-2H3. The van der Waals surface area contributed by atoms with Gasteiger partial charge in [-0.15, -0.1) is 0 Å². The van der Waals surface area contributed by atoms with E-state index in [0.29, 0.717) is 24.8 Å². The molecule has 1 aliphatic carbocycles. The molecule has 146 valence electrons. The van der Waals surface area contributed by atoms with Gasteiger partial charge in [0.15, 0.2) is 0 Å². The molecule has 4 heteroatoms. The molecule has 1 N–H and O–H groups in total. The molecule has 0 saturated heterocycles. The van der Waals surface area contributed by atoms with E-state index in [1.807, 2.05) is 41.5 Å². The van der Waals surface area contributed by atoms with Crippen LogP contribution in [0.25, 0.3) is 0 Å². The highest BCUT2D eigenvalue weighted by molar-refractivity contribution is 5.30. The number of aromatic hydroxyl groups is 1. The quantitative estimate of drug-likeness (QED) is 0.581. The van der Waals surface area contributed by atoms with Crippen LogP contribution in [0.2, 0.25) is 0 Å². The van der Waals surface area contributed by atoms with Crippen molar-refractivity contribution in [3.63, 3.8) is 0 Å². The Morgan fingerprint density at radius 2 is 1.68 bits per heavy atom. The largest absolute Gasteiger partial charge is 0.506 e. The van der Waals surface area contributed by atoms with Gasteiger partial charge < -0.3 is 14.6 Å². The highest BCUT2D eigenvalue weighted by atomic mass is 16.5. The Morgan fingerprint density at radius 1 is 1.08 bits per heavy atom. The molecule has 0 amide bonds. The SMILES string of the molecule is CC.CC.CC.COC1CCC1.COCCC#Cc1ccc(O)cn1. The zero-order valence-corrected chi connectivity index (χ0v) is 17.6. The highest BCUT2D eigenvalue weighted by Crippen LogP contribution is 2.20. The second-order valence-corrected chi connectivity index (χ2v) is 4.23. The molecule has 1 aliphatic rings. The Bertz CT molecular complexity index is 401. The van der Waals surface area contributed by atoms with E-state index >= 15 is 0 Å². The Hall–Kier alpha value is -1.57. The number of nitrogens with zero attached hydrogens (tertiary/aromatic N) is 1. The first-order chi connectivity index (χ1) is 12.3. The fraction of sp³-hybridized carbons (Fsp3) is 0.667. The smallest absolute Gasteiger partial charge is 0.133 e. The molecule has 25 heavy (non-hydrogen) atoms. The molecule has 4 nitrogen and oxygen atoms in total. The summed E-state index contributed by atoms with van der Waals surface area (Å²) in [6.45, 7) is 12.6.